The summed E-state index contributed by atoms with van der Waals surface area (Å²) >= 11 is 0. The van der Waals surface area contributed by atoms with Gasteiger partial charge in [0, 0.05) is 16.9 Å². The van der Waals surface area contributed by atoms with Crippen molar-refractivity contribution in [3.63, 3.8) is 0 Å². The van der Waals surface area contributed by atoms with Crippen LogP contribution in [0.1, 0.15) is 22.0 Å². The van der Waals surface area contributed by atoms with Gasteiger partial charge < -0.3 is 16.6 Å². The Morgan fingerprint density at radius 2 is 1.33 bits per heavy atom. The molecule has 4 heteroatoms. The molecule has 5 N–H and O–H groups in total. The second-order valence-electron chi connectivity index (χ2n) is 4.06. The number of nitrogen functional groups attached to an aromatic ring is 2. The summed E-state index contributed by atoms with van der Waals surface area (Å²) in [5.41, 5.74) is 13.2. The second-order valence-corrected chi connectivity index (χ2v) is 4.06. The molecule has 0 radical (unpaired) electrons. The number of aliphatic hydroxyl groups excluding tert-OH is 1. The first-order valence-corrected chi connectivity index (χ1v) is 5.51. The summed E-state index contributed by atoms with van der Waals surface area (Å²) in [6, 6.07) is 13.0. The molecule has 0 aliphatic rings. The Morgan fingerprint density at radius 3 is 1.83 bits per heavy atom. The Morgan fingerprint density at radius 1 is 0.889 bits per heavy atom. The van der Waals surface area contributed by atoms with Gasteiger partial charge in [-0.2, -0.15) is 0 Å². The quantitative estimate of drug-likeness (QED) is 0.565. The van der Waals surface area contributed by atoms with Crippen molar-refractivity contribution in [3.8, 4) is 0 Å². The molecule has 0 saturated carbocycles. The molecule has 2 aromatic carbocycles. The number of Topliss-reactive ketones (excluding diaryl/α,β-unsaturated/α-hetero) is 1. The summed E-state index contributed by atoms with van der Waals surface area (Å²) in [7, 11) is 0. The van der Waals surface area contributed by atoms with E-state index in [1.165, 1.54) is 0 Å². The van der Waals surface area contributed by atoms with E-state index in [-0.39, 0.29) is 5.78 Å². The third-order valence-electron chi connectivity index (χ3n) is 2.70. The van der Waals surface area contributed by atoms with Crippen LogP contribution >= 0.6 is 0 Å². The number of carbonyl (C=O) groups is 1. The van der Waals surface area contributed by atoms with Crippen LogP contribution in [0, 0.1) is 0 Å². The lowest BCUT2D eigenvalue weighted by Crippen LogP contribution is -2.12. The Bertz CT molecular complexity index is 547. The van der Waals surface area contributed by atoms with E-state index in [4.69, 9.17) is 11.5 Å². The van der Waals surface area contributed by atoms with Gasteiger partial charge in [0.15, 0.2) is 5.78 Å². The predicted octanol–water partition coefficient (Wildman–Crippen LogP) is 1.77. The van der Waals surface area contributed by atoms with Gasteiger partial charge in [-0.05, 0) is 42.0 Å². The normalized spacial score (nSPS) is 12.1. The summed E-state index contributed by atoms with van der Waals surface area (Å²) in [4.78, 5) is 12.0. The fraction of sp³-hybridized carbons (Fsp3) is 0.0714. The maximum Gasteiger partial charge on any atom is 0.195 e. The van der Waals surface area contributed by atoms with Gasteiger partial charge >= 0.3 is 0 Å². The highest BCUT2D eigenvalue weighted by molar-refractivity contribution is 6.00. The molecule has 0 fully saturated rings. The fourth-order valence-corrected chi connectivity index (χ4v) is 1.63. The zero-order valence-corrected chi connectivity index (χ0v) is 9.71. The molecule has 18 heavy (non-hydrogen) atoms. The summed E-state index contributed by atoms with van der Waals surface area (Å²) in [6.07, 6.45) is -1.19. The molecule has 0 aromatic heterocycles. The van der Waals surface area contributed by atoms with Crippen molar-refractivity contribution in [1.82, 2.24) is 0 Å². The van der Waals surface area contributed by atoms with Crippen LogP contribution in [0.2, 0.25) is 0 Å². The number of nitrogens with two attached hydrogens (primary N) is 2. The molecule has 0 bridgehead atoms. The first-order valence-electron chi connectivity index (χ1n) is 5.51. The molecule has 92 valence electrons. The van der Waals surface area contributed by atoms with Crippen LogP contribution in [0.25, 0.3) is 0 Å². The number of rotatable bonds is 3. The summed E-state index contributed by atoms with van der Waals surface area (Å²) in [5, 5.41) is 9.98. The number of anilines is 2. The Labute approximate surface area is 105 Å². The van der Waals surface area contributed by atoms with Crippen molar-refractivity contribution >= 4 is 17.2 Å². The van der Waals surface area contributed by atoms with E-state index in [1.54, 1.807) is 48.5 Å². The number of hydrogen-bond acceptors (Lipinski definition) is 4. The van der Waals surface area contributed by atoms with E-state index in [2.05, 4.69) is 0 Å². The number of benzene rings is 2. The van der Waals surface area contributed by atoms with E-state index in [9.17, 15) is 9.90 Å². The predicted molar refractivity (Wildman–Crippen MR) is 71.0 cm³/mol. The van der Waals surface area contributed by atoms with Gasteiger partial charge in [0.1, 0.15) is 6.10 Å². The molecular formula is C14H14N2O2. The maximum absolute atomic E-state index is 12.0. The SMILES string of the molecule is Nc1ccc(C(=O)C(O)c2ccc(N)cc2)cc1. The van der Waals surface area contributed by atoms with E-state index in [1.807, 2.05) is 0 Å². The lowest BCUT2D eigenvalue weighted by molar-refractivity contribution is 0.0747. The average Bonchev–Trinajstić information content (AvgIpc) is 2.39. The number of aliphatic hydroxyl groups is 1. The van der Waals surface area contributed by atoms with Gasteiger partial charge in [-0.3, -0.25) is 4.79 Å². The third-order valence-corrected chi connectivity index (χ3v) is 2.70. The van der Waals surface area contributed by atoms with E-state index < -0.39 is 6.10 Å². The molecule has 0 saturated heterocycles. The summed E-state index contributed by atoms with van der Waals surface area (Å²) in [6.45, 7) is 0. The smallest absolute Gasteiger partial charge is 0.195 e. The molecule has 1 atom stereocenters. The van der Waals surface area contributed by atoms with Crippen LogP contribution in [0.5, 0.6) is 0 Å². The largest absolute Gasteiger partial charge is 0.399 e. The molecule has 0 aliphatic carbocycles. The van der Waals surface area contributed by atoms with Crippen molar-refractivity contribution < 1.29 is 9.90 Å². The van der Waals surface area contributed by atoms with E-state index >= 15 is 0 Å². The molecule has 1 unspecified atom stereocenters. The van der Waals surface area contributed by atoms with E-state index in [0.717, 1.165) is 0 Å². The van der Waals surface area contributed by atoms with Gasteiger partial charge in [-0.1, -0.05) is 12.1 Å². The molecule has 0 spiro atoms. The van der Waals surface area contributed by atoms with Gasteiger partial charge in [0.05, 0.1) is 0 Å². The minimum atomic E-state index is -1.19. The maximum atomic E-state index is 12.0. The van der Waals surface area contributed by atoms with Crippen molar-refractivity contribution in [1.29, 1.82) is 0 Å². The molecule has 0 amide bonds. The van der Waals surface area contributed by atoms with Gasteiger partial charge in [-0.25, -0.2) is 0 Å². The van der Waals surface area contributed by atoms with Crippen LogP contribution in [-0.4, -0.2) is 10.9 Å². The second kappa shape index (κ2) is 4.89. The molecular weight excluding hydrogens is 228 g/mol. The summed E-state index contributed by atoms with van der Waals surface area (Å²) in [5.74, 6) is -0.361. The van der Waals surface area contributed by atoms with E-state index in [0.29, 0.717) is 22.5 Å². The minimum absolute atomic E-state index is 0.361. The molecule has 0 heterocycles. The molecule has 2 aromatic rings. The number of hydrogen-bond donors (Lipinski definition) is 3. The Hall–Kier alpha value is -2.33. The monoisotopic (exact) mass is 242 g/mol. The van der Waals surface area contributed by atoms with Crippen molar-refractivity contribution in [2.24, 2.45) is 0 Å². The van der Waals surface area contributed by atoms with Crippen LogP contribution in [-0.2, 0) is 0 Å². The number of carbonyl (C=O) groups excluding carboxylic acids is 1. The zero-order valence-electron chi connectivity index (χ0n) is 9.71. The Balaban J connectivity index is 2.23. The van der Waals surface area contributed by atoms with Crippen LogP contribution < -0.4 is 11.5 Å². The topological polar surface area (TPSA) is 89.3 Å². The standard InChI is InChI=1S/C14H14N2O2/c15-11-5-1-9(2-6-11)13(17)14(18)10-3-7-12(16)8-4-10/h1-8,13,17H,15-16H2. The van der Waals surface area contributed by atoms with Crippen LogP contribution in [0.4, 0.5) is 11.4 Å². The van der Waals surface area contributed by atoms with Crippen LogP contribution in [0.15, 0.2) is 48.5 Å². The number of ketones is 1. The van der Waals surface area contributed by atoms with Crippen molar-refractivity contribution in [3.05, 3.63) is 59.7 Å². The fourth-order valence-electron chi connectivity index (χ4n) is 1.63. The van der Waals surface area contributed by atoms with Gasteiger partial charge in [0.2, 0.25) is 0 Å². The average molecular weight is 242 g/mol. The third kappa shape index (κ3) is 2.49. The Kier molecular flexibility index (Phi) is 3.30. The van der Waals surface area contributed by atoms with Crippen molar-refractivity contribution in [2.45, 2.75) is 6.10 Å². The minimum Gasteiger partial charge on any atom is -0.399 e. The van der Waals surface area contributed by atoms with Gasteiger partial charge in [-0.15, -0.1) is 0 Å². The lowest BCUT2D eigenvalue weighted by atomic mass is 10.00. The molecule has 4 nitrogen and oxygen atoms in total. The molecule has 0 aliphatic heterocycles. The highest BCUT2D eigenvalue weighted by Crippen LogP contribution is 2.20. The lowest BCUT2D eigenvalue weighted by Gasteiger charge is -2.10. The zero-order chi connectivity index (χ0) is 13.1. The highest BCUT2D eigenvalue weighted by atomic mass is 16.3. The van der Waals surface area contributed by atoms with Crippen LogP contribution in [0.3, 0.4) is 0 Å². The van der Waals surface area contributed by atoms with Crippen molar-refractivity contribution in [2.75, 3.05) is 11.5 Å². The summed E-state index contributed by atoms with van der Waals surface area (Å²) < 4.78 is 0. The highest BCUT2D eigenvalue weighted by Gasteiger charge is 2.18. The molecule has 2 rings (SSSR count). The first kappa shape index (κ1) is 12.1. The van der Waals surface area contributed by atoms with Gasteiger partial charge in [0.25, 0.3) is 0 Å². The first-order chi connectivity index (χ1) is 8.58.